The number of amides is 2. The van der Waals surface area contributed by atoms with Crippen LogP contribution < -0.4 is 10.6 Å². The topological polar surface area (TPSA) is 87.7 Å². The van der Waals surface area contributed by atoms with Crippen molar-refractivity contribution < 1.29 is 19.4 Å². The lowest BCUT2D eigenvalue weighted by Gasteiger charge is -2.22. The standard InChI is InChI=1S/C14H22N2O4/c17-13(18)10-4-5-11(9-10)16-14(19)15-7-6-12-3-1-2-8-20-12/h4-5,10-12H,1-3,6-9H2,(H,17,18)(H2,15,16,19). The Bertz CT molecular complexity index is 377. The number of hydrogen-bond donors (Lipinski definition) is 3. The van der Waals surface area contributed by atoms with Crippen LogP contribution in [0.15, 0.2) is 12.2 Å². The quantitative estimate of drug-likeness (QED) is 0.663. The number of aliphatic carboxylic acids is 1. The molecule has 112 valence electrons. The zero-order valence-electron chi connectivity index (χ0n) is 11.5. The smallest absolute Gasteiger partial charge is 0.315 e. The first kappa shape index (κ1) is 14.8. The maximum Gasteiger partial charge on any atom is 0.315 e. The molecule has 1 aliphatic carbocycles. The van der Waals surface area contributed by atoms with Crippen molar-refractivity contribution in [3.8, 4) is 0 Å². The Balaban J connectivity index is 1.59. The molecule has 1 saturated heterocycles. The lowest BCUT2D eigenvalue weighted by atomic mass is 10.1. The summed E-state index contributed by atoms with van der Waals surface area (Å²) in [6.07, 6.45) is 8.26. The molecule has 0 bridgehead atoms. The molecule has 0 saturated carbocycles. The molecule has 1 heterocycles. The molecule has 6 heteroatoms. The normalized spacial score (nSPS) is 29.1. The number of carbonyl (C=O) groups is 2. The number of ether oxygens (including phenoxy) is 1. The Hall–Kier alpha value is -1.56. The zero-order valence-corrected chi connectivity index (χ0v) is 11.5. The summed E-state index contributed by atoms with van der Waals surface area (Å²) < 4.78 is 5.59. The number of rotatable bonds is 5. The van der Waals surface area contributed by atoms with Crippen LogP contribution >= 0.6 is 0 Å². The average molecular weight is 282 g/mol. The molecule has 20 heavy (non-hydrogen) atoms. The molecule has 0 aromatic heterocycles. The SMILES string of the molecule is O=C(NCCC1CCCCO1)NC1C=CC(C(=O)O)C1. The van der Waals surface area contributed by atoms with E-state index >= 15 is 0 Å². The highest BCUT2D eigenvalue weighted by Crippen LogP contribution is 2.18. The molecule has 3 unspecified atom stereocenters. The van der Waals surface area contributed by atoms with Crippen molar-refractivity contribution in [3.05, 3.63) is 12.2 Å². The van der Waals surface area contributed by atoms with Gasteiger partial charge in [-0.3, -0.25) is 4.79 Å². The number of carbonyl (C=O) groups excluding carboxylic acids is 1. The minimum absolute atomic E-state index is 0.193. The predicted molar refractivity (Wildman–Crippen MR) is 73.4 cm³/mol. The third-order valence-corrected chi connectivity index (χ3v) is 3.74. The maximum absolute atomic E-state index is 11.7. The van der Waals surface area contributed by atoms with Crippen LogP contribution in [-0.2, 0) is 9.53 Å². The number of carboxylic acids is 1. The van der Waals surface area contributed by atoms with E-state index in [1.54, 1.807) is 12.2 Å². The molecule has 0 aromatic rings. The summed E-state index contributed by atoms with van der Waals surface area (Å²) in [5, 5.41) is 14.4. The molecule has 3 atom stereocenters. The fraction of sp³-hybridized carbons (Fsp3) is 0.714. The van der Waals surface area contributed by atoms with Gasteiger partial charge in [0.1, 0.15) is 0 Å². The molecular formula is C14H22N2O4. The van der Waals surface area contributed by atoms with Gasteiger partial charge in [0.2, 0.25) is 0 Å². The van der Waals surface area contributed by atoms with Gasteiger partial charge in [0.15, 0.2) is 0 Å². The molecule has 2 amide bonds. The first-order chi connectivity index (χ1) is 9.65. The zero-order chi connectivity index (χ0) is 14.4. The van der Waals surface area contributed by atoms with Gasteiger partial charge in [0, 0.05) is 13.2 Å². The summed E-state index contributed by atoms with van der Waals surface area (Å²) >= 11 is 0. The van der Waals surface area contributed by atoms with Crippen LogP contribution in [0.3, 0.4) is 0 Å². The molecule has 6 nitrogen and oxygen atoms in total. The van der Waals surface area contributed by atoms with Crippen LogP contribution in [0.5, 0.6) is 0 Å². The Morgan fingerprint density at radius 1 is 1.30 bits per heavy atom. The van der Waals surface area contributed by atoms with Crippen LogP contribution in [0.2, 0.25) is 0 Å². The highest BCUT2D eigenvalue weighted by Gasteiger charge is 2.25. The summed E-state index contributed by atoms with van der Waals surface area (Å²) in [4.78, 5) is 22.5. The van der Waals surface area contributed by atoms with E-state index in [0.717, 1.165) is 25.9 Å². The van der Waals surface area contributed by atoms with E-state index in [0.29, 0.717) is 13.0 Å². The van der Waals surface area contributed by atoms with Crippen LogP contribution in [0, 0.1) is 5.92 Å². The van der Waals surface area contributed by atoms with Gasteiger partial charge in [-0.25, -0.2) is 4.79 Å². The number of carboxylic acid groups (broad SMARTS) is 1. The van der Waals surface area contributed by atoms with Crippen molar-refractivity contribution in [1.82, 2.24) is 10.6 Å². The molecule has 0 aromatic carbocycles. The molecule has 3 N–H and O–H groups in total. The van der Waals surface area contributed by atoms with E-state index < -0.39 is 11.9 Å². The van der Waals surface area contributed by atoms with E-state index in [2.05, 4.69) is 10.6 Å². The van der Waals surface area contributed by atoms with Crippen molar-refractivity contribution in [2.24, 2.45) is 5.92 Å². The summed E-state index contributed by atoms with van der Waals surface area (Å²) in [6.45, 7) is 1.40. The second kappa shape index (κ2) is 7.28. The van der Waals surface area contributed by atoms with Gasteiger partial charge >= 0.3 is 12.0 Å². The van der Waals surface area contributed by atoms with Crippen molar-refractivity contribution >= 4 is 12.0 Å². The minimum Gasteiger partial charge on any atom is -0.481 e. The van der Waals surface area contributed by atoms with Gasteiger partial charge < -0.3 is 20.5 Å². The minimum atomic E-state index is -0.847. The van der Waals surface area contributed by atoms with Gasteiger partial charge in [-0.1, -0.05) is 12.2 Å². The molecule has 0 spiro atoms. The second-order valence-corrected chi connectivity index (χ2v) is 5.35. The van der Waals surface area contributed by atoms with Crippen molar-refractivity contribution in [1.29, 1.82) is 0 Å². The first-order valence-corrected chi connectivity index (χ1v) is 7.22. The van der Waals surface area contributed by atoms with E-state index in [-0.39, 0.29) is 18.2 Å². The largest absolute Gasteiger partial charge is 0.481 e. The van der Waals surface area contributed by atoms with Gasteiger partial charge in [0.25, 0.3) is 0 Å². The van der Waals surface area contributed by atoms with Crippen LogP contribution in [-0.4, -0.2) is 42.4 Å². The van der Waals surface area contributed by atoms with E-state index in [1.807, 2.05) is 0 Å². The fourth-order valence-corrected chi connectivity index (χ4v) is 2.59. The first-order valence-electron chi connectivity index (χ1n) is 7.22. The number of hydrogen-bond acceptors (Lipinski definition) is 3. The highest BCUT2D eigenvalue weighted by molar-refractivity contribution is 5.76. The monoisotopic (exact) mass is 282 g/mol. The summed E-state index contributed by atoms with van der Waals surface area (Å²) in [7, 11) is 0. The summed E-state index contributed by atoms with van der Waals surface area (Å²) in [6, 6.07) is -0.441. The Morgan fingerprint density at radius 3 is 2.80 bits per heavy atom. The van der Waals surface area contributed by atoms with Crippen LogP contribution in [0.4, 0.5) is 4.79 Å². The van der Waals surface area contributed by atoms with Gasteiger partial charge in [-0.15, -0.1) is 0 Å². The third kappa shape index (κ3) is 4.52. The van der Waals surface area contributed by atoms with Crippen LogP contribution in [0.1, 0.15) is 32.1 Å². The Morgan fingerprint density at radius 2 is 2.15 bits per heavy atom. The molecule has 0 radical (unpaired) electrons. The second-order valence-electron chi connectivity index (χ2n) is 5.35. The number of urea groups is 1. The fourth-order valence-electron chi connectivity index (χ4n) is 2.59. The molecule has 2 rings (SSSR count). The van der Waals surface area contributed by atoms with Gasteiger partial charge in [0.05, 0.1) is 18.1 Å². The predicted octanol–water partition coefficient (Wildman–Crippen LogP) is 1.27. The maximum atomic E-state index is 11.7. The summed E-state index contributed by atoms with van der Waals surface area (Å²) in [5.41, 5.74) is 0. The van der Waals surface area contributed by atoms with E-state index in [9.17, 15) is 9.59 Å². The van der Waals surface area contributed by atoms with Crippen molar-refractivity contribution in [2.45, 2.75) is 44.2 Å². The van der Waals surface area contributed by atoms with Gasteiger partial charge in [-0.2, -0.15) is 0 Å². The van der Waals surface area contributed by atoms with Crippen LogP contribution in [0.25, 0.3) is 0 Å². The van der Waals surface area contributed by atoms with E-state index in [1.165, 1.54) is 6.42 Å². The Labute approximate surface area is 118 Å². The molecule has 1 aliphatic heterocycles. The average Bonchev–Trinajstić information content (AvgIpc) is 2.88. The third-order valence-electron chi connectivity index (χ3n) is 3.74. The highest BCUT2D eigenvalue weighted by atomic mass is 16.5. The lowest BCUT2D eigenvalue weighted by Crippen LogP contribution is -2.42. The van der Waals surface area contributed by atoms with E-state index in [4.69, 9.17) is 9.84 Å². The molecule has 1 fully saturated rings. The molecular weight excluding hydrogens is 260 g/mol. The van der Waals surface area contributed by atoms with Crippen molar-refractivity contribution in [2.75, 3.05) is 13.2 Å². The number of nitrogens with one attached hydrogen (secondary N) is 2. The lowest BCUT2D eigenvalue weighted by molar-refractivity contribution is -0.140. The summed E-state index contributed by atoms with van der Waals surface area (Å²) in [5.74, 6) is -1.34. The Kier molecular flexibility index (Phi) is 5.40. The van der Waals surface area contributed by atoms with Crippen molar-refractivity contribution in [3.63, 3.8) is 0 Å². The van der Waals surface area contributed by atoms with Gasteiger partial charge in [-0.05, 0) is 32.1 Å². The molecule has 2 aliphatic rings.